The number of aromatic nitrogens is 2. The van der Waals surface area contributed by atoms with Crippen molar-refractivity contribution in [2.75, 3.05) is 39.8 Å². The molecule has 1 aliphatic heterocycles. The van der Waals surface area contributed by atoms with E-state index in [1.54, 1.807) is 16.9 Å². The number of methoxy groups -OCH3 is 1. The van der Waals surface area contributed by atoms with E-state index in [4.69, 9.17) is 16.3 Å². The largest absolute Gasteiger partial charge is 0.468 e. The summed E-state index contributed by atoms with van der Waals surface area (Å²) in [6.45, 7) is 3.95. The Morgan fingerprint density at radius 2 is 1.96 bits per heavy atom. The van der Waals surface area contributed by atoms with E-state index in [0.29, 0.717) is 31.2 Å². The number of carbonyl (C=O) groups excluding carboxylic acids is 1. The van der Waals surface area contributed by atoms with Gasteiger partial charge in [0.1, 0.15) is 6.04 Å². The molecule has 0 spiro atoms. The molecule has 0 saturated carbocycles. The van der Waals surface area contributed by atoms with Gasteiger partial charge in [-0.15, -0.1) is 0 Å². The number of nitrogens with zero attached hydrogens (tertiary/aromatic N) is 4. The van der Waals surface area contributed by atoms with Crippen molar-refractivity contribution < 1.29 is 14.6 Å². The number of aliphatic hydroxyl groups is 1. The molecule has 2 aromatic rings. The average molecular weight is 393 g/mol. The zero-order valence-electron chi connectivity index (χ0n) is 15.4. The van der Waals surface area contributed by atoms with Crippen LogP contribution >= 0.6 is 11.6 Å². The highest BCUT2D eigenvalue weighted by atomic mass is 35.5. The number of rotatable bonds is 7. The van der Waals surface area contributed by atoms with Gasteiger partial charge in [-0.25, -0.2) is 4.79 Å². The number of carbonyl (C=O) groups is 1. The smallest absolute Gasteiger partial charge is 0.327 e. The molecule has 1 aliphatic rings. The molecule has 3 rings (SSSR count). The molecule has 0 bridgehead atoms. The van der Waals surface area contributed by atoms with E-state index in [2.05, 4.69) is 14.9 Å². The minimum atomic E-state index is -0.514. The molecule has 1 aromatic carbocycles. The van der Waals surface area contributed by atoms with Crippen molar-refractivity contribution in [2.45, 2.75) is 18.7 Å². The van der Waals surface area contributed by atoms with Gasteiger partial charge >= 0.3 is 5.97 Å². The van der Waals surface area contributed by atoms with Crippen LogP contribution < -0.4 is 0 Å². The van der Waals surface area contributed by atoms with Crippen molar-refractivity contribution in [3.8, 4) is 0 Å². The Labute approximate surface area is 164 Å². The second-order valence-electron chi connectivity index (χ2n) is 6.67. The van der Waals surface area contributed by atoms with Gasteiger partial charge in [-0.05, 0) is 17.7 Å². The maximum absolute atomic E-state index is 12.4. The highest BCUT2D eigenvalue weighted by molar-refractivity contribution is 6.31. The van der Waals surface area contributed by atoms with Gasteiger partial charge in [0, 0.05) is 50.1 Å². The first kappa shape index (κ1) is 19.8. The number of β-amino-alcohol motifs (C(OH)–C–C–N with tert-alkyl or cyclic N) is 1. The summed E-state index contributed by atoms with van der Waals surface area (Å²) >= 11 is 6.32. The summed E-state index contributed by atoms with van der Waals surface area (Å²) in [6, 6.07) is 8.70. The van der Waals surface area contributed by atoms with E-state index in [1.807, 2.05) is 30.5 Å². The van der Waals surface area contributed by atoms with Gasteiger partial charge in [-0.2, -0.15) is 5.10 Å². The van der Waals surface area contributed by atoms with Crippen LogP contribution in [0.2, 0.25) is 5.02 Å². The lowest BCUT2D eigenvalue weighted by Crippen LogP contribution is -2.51. The number of hydrogen-bond acceptors (Lipinski definition) is 6. The Morgan fingerprint density at radius 3 is 2.59 bits per heavy atom. The maximum atomic E-state index is 12.4. The SMILES string of the molecule is COC(=O)[C@H](c1ccccc1Cl)N1CCN(C[C@H](O)Cn2cccn2)CC1. The van der Waals surface area contributed by atoms with Crippen molar-refractivity contribution in [1.29, 1.82) is 0 Å². The molecule has 1 saturated heterocycles. The summed E-state index contributed by atoms with van der Waals surface area (Å²) in [6.07, 6.45) is 3.05. The fourth-order valence-electron chi connectivity index (χ4n) is 3.47. The molecule has 2 heterocycles. The molecule has 0 radical (unpaired) electrons. The zero-order valence-corrected chi connectivity index (χ0v) is 16.1. The standard InChI is InChI=1S/C19H25ClN4O3/c1-27-19(26)18(16-5-2-3-6-17(16)20)23-11-9-22(10-12-23)13-15(25)14-24-8-4-7-21-24/h2-8,15,18,25H,9-14H2,1H3/t15-,18-/m0/s1. The van der Waals surface area contributed by atoms with Gasteiger partial charge in [0.25, 0.3) is 0 Å². The van der Waals surface area contributed by atoms with E-state index < -0.39 is 12.1 Å². The summed E-state index contributed by atoms with van der Waals surface area (Å²) in [5, 5.41) is 15.0. The van der Waals surface area contributed by atoms with Gasteiger partial charge in [0.15, 0.2) is 0 Å². The van der Waals surface area contributed by atoms with Crippen LogP contribution in [0.4, 0.5) is 0 Å². The van der Waals surface area contributed by atoms with Crippen molar-refractivity contribution in [1.82, 2.24) is 19.6 Å². The predicted molar refractivity (Wildman–Crippen MR) is 102 cm³/mol. The molecule has 1 fully saturated rings. The number of halogens is 1. The van der Waals surface area contributed by atoms with E-state index >= 15 is 0 Å². The molecule has 0 aliphatic carbocycles. The number of benzene rings is 1. The Morgan fingerprint density at radius 1 is 1.22 bits per heavy atom. The lowest BCUT2D eigenvalue weighted by Gasteiger charge is -2.39. The third-order valence-electron chi connectivity index (χ3n) is 4.82. The highest BCUT2D eigenvalue weighted by Gasteiger charge is 2.32. The normalized spacial score (nSPS) is 18.2. The second kappa shape index (κ2) is 9.32. The van der Waals surface area contributed by atoms with Crippen molar-refractivity contribution >= 4 is 17.6 Å². The summed E-state index contributed by atoms with van der Waals surface area (Å²) in [5.74, 6) is -0.310. The third-order valence-corrected chi connectivity index (χ3v) is 5.17. The average Bonchev–Trinajstić information content (AvgIpc) is 3.17. The lowest BCUT2D eigenvalue weighted by molar-refractivity contribution is -0.148. The number of ether oxygens (including phenoxy) is 1. The van der Waals surface area contributed by atoms with E-state index in [0.717, 1.165) is 18.7 Å². The summed E-state index contributed by atoms with van der Waals surface area (Å²) in [7, 11) is 1.40. The number of hydrogen-bond donors (Lipinski definition) is 1. The molecule has 0 unspecified atom stereocenters. The minimum absolute atomic E-state index is 0.310. The minimum Gasteiger partial charge on any atom is -0.468 e. The maximum Gasteiger partial charge on any atom is 0.327 e. The number of piperazine rings is 1. The van der Waals surface area contributed by atoms with E-state index in [1.165, 1.54) is 7.11 Å². The molecule has 27 heavy (non-hydrogen) atoms. The Hall–Kier alpha value is -1.93. The monoisotopic (exact) mass is 392 g/mol. The van der Waals surface area contributed by atoms with Crippen LogP contribution in [0.5, 0.6) is 0 Å². The first-order valence-electron chi connectivity index (χ1n) is 9.02. The Kier molecular flexibility index (Phi) is 6.84. The third kappa shape index (κ3) is 5.07. The fourth-order valence-corrected chi connectivity index (χ4v) is 3.70. The van der Waals surface area contributed by atoms with Crippen LogP contribution in [0, 0.1) is 0 Å². The second-order valence-corrected chi connectivity index (χ2v) is 7.07. The topological polar surface area (TPSA) is 70.8 Å². The molecule has 7 nitrogen and oxygen atoms in total. The summed E-state index contributed by atoms with van der Waals surface area (Å²) < 4.78 is 6.75. The fraction of sp³-hybridized carbons (Fsp3) is 0.474. The van der Waals surface area contributed by atoms with Gasteiger partial charge in [-0.1, -0.05) is 29.8 Å². The van der Waals surface area contributed by atoms with E-state index in [9.17, 15) is 9.90 Å². The first-order valence-corrected chi connectivity index (χ1v) is 9.40. The number of esters is 1. The van der Waals surface area contributed by atoms with Crippen LogP contribution in [0.3, 0.4) is 0 Å². The zero-order chi connectivity index (χ0) is 19.2. The van der Waals surface area contributed by atoms with Gasteiger partial charge < -0.3 is 9.84 Å². The molecule has 8 heteroatoms. The van der Waals surface area contributed by atoms with E-state index in [-0.39, 0.29) is 5.97 Å². The lowest BCUT2D eigenvalue weighted by atomic mass is 10.0. The van der Waals surface area contributed by atoms with Crippen LogP contribution in [-0.4, -0.2) is 76.6 Å². The highest BCUT2D eigenvalue weighted by Crippen LogP contribution is 2.29. The molecule has 1 aromatic heterocycles. The first-order chi connectivity index (χ1) is 13.1. The molecule has 2 atom stereocenters. The van der Waals surface area contributed by atoms with Gasteiger partial charge in [0.05, 0.1) is 19.8 Å². The van der Waals surface area contributed by atoms with Crippen molar-refractivity contribution in [3.05, 3.63) is 53.3 Å². The van der Waals surface area contributed by atoms with Gasteiger partial charge in [0.2, 0.25) is 0 Å². The summed E-state index contributed by atoms with van der Waals surface area (Å²) in [5.41, 5.74) is 0.762. The molecular formula is C19H25ClN4O3. The molecular weight excluding hydrogens is 368 g/mol. The molecule has 146 valence electrons. The van der Waals surface area contributed by atoms with Crippen LogP contribution in [0.15, 0.2) is 42.7 Å². The van der Waals surface area contributed by atoms with Crippen LogP contribution in [0.1, 0.15) is 11.6 Å². The van der Waals surface area contributed by atoms with Crippen molar-refractivity contribution in [2.24, 2.45) is 0 Å². The Bertz CT molecular complexity index is 732. The van der Waals surface area contributed by atoms with Crippen LogP contribution in [-0.2, 0) is 16.1 Å². The van der Waals surface area contributed by atoms with Gasteiger partial charge in [-0.3, -0.25) is 14.5 Å². The molecule has 1 N–H and O–H groups in total. The predicted octanol–water partition coefficient (Wildman–Crippen LogP) is 1.43. The van der Waals surface area contributed by atoms with Crippen LogP contribution in [0.25, 0.3) is 0 Å². The number of aliphatic hydroxyl groups excluding tert-OH is 1. The van der Waals surface area contributed by atoms with Crippen molar-refractivity contribution in [3.63, 3.8) is 0 Å². The quantitative estimate of drug-likeness (QED) is 0.719. The molecule has 0 amide bonds. The Balaban J connectivity index is 1.59. The summed E-state index contributed by atoms with van der Waals surface area (Å²) in [4.78, 5) is 16.7.